The lowest BCUT2D eigenvalue weighted by Gasteiger charge is -2.29. The molecule has 0 fully saturated rings. The van der Waals surface area contributed by atoms with E-state index in [2.05, 4.69) is 4.98 Å². The van der Waals surface area contributed by atoms with Gasteiger partial charge in [0.2, 0.25) is 0 Å². The summed E-state index contributed by atoms with van der Waals surface area (Å²) >= 11 is 0. The van der Waals surface area contributed by atoms with Crippen molar-refractivity contribution in [3.63, 3.8) is 0 Å². The van der Waals surface area contributed by atoms with Crippen LogP contribution in [0.1, 0.15) is 46.0 Å². The Morgan fingerprint density at radius 1 is 1.08 bits per heavy atom. The van der Waals surface area contributed by atoms with Gasteiger partial charge < -0.3 is 18.9 Å². The zero-order chi connectivity index (χ0) is 28.1. The largest absolute Gasteiger partial charge is 0.491 e. The third-order valence-electron chi connectivity index (χ3n) is 6.06. The number of allylic oxidation sites excluding steroid dienone is 2. The predicted molar refractivity (Wildman–Crippen MR) is 137 cm³/mol. The van der Waals surface area contributed by atoms with Crippen molar-refractivity contribution in [1.82, 2.24) is 4.98 Å². The number of aromatic nitrogens is 1. The Morgan fingerprint density at radius 3 is 2.46 bits per heavy atom. The van der Waals surface area contributed by atoms with Crippen molar-refractivity contribution in [2.45, 2.75) is 33.5 Å². The number of aryl methyl sites for hydroxylation is 1. The van der Waals surface area contributed by atoms with Gasteiger partial charge in [-0.15, -0.1) is 0 Å². The standard InChI is InChI=1S/C28H26N2O9/c1-4-36-27(32)24-16(3)29-20(15-38-22-14-23(31)39-21-12-7-6-11-19(21)22)26(28(33)37-5-2)25(24)17-9-8-10-18(13-17)30(34)35/h6-14,19,21H,4-5,15H2,1-3H3. The summed E-state index contributed by atoms with van der Waals surface area (Å²) in [6, 6.07) is 5.55. The van der Waals surface area contributed by atoms with Gasteiger partial charge in [0.15, 0.2) is 0 Å². The average molecular weight is 535 g/mol. The Bertz CT molecular complexity index is 1420. The molecular weight excluding hydrogens is 508 g/mol. The molecule has 39 heavy (non-hydrogen) atoms. The number of carbonyl (C=O) groups is 3. The van der Waals surface area contributed by atoms with E-state index in [1.54, 1.807) is 45.1 Å². The van der Waals surface area contributed by atoms with Gasteiger partial charge in [-0.05, 0) is 32.4 Å². The molecule has 11 nitrogen and oxygen atoms in total. The van der Waals surface area contributed by atoms with Crippen LogP contribution in [0.15, 0.2) is 60.4 Å². The zero-order valence-corrected chi connectivity index (χ0v) is 21.5. The van der Waals surface area contributed by atoms with E-state index in [0.29, 0.717) is 5.76 Å². The first-order valence-electron chi connectivity index (χ1n) is 12.3. The first-order chi connectivity index (χ1) is 18.7. The molecule has 0 bridgehead atoms. The number of rotatable bonds is 9. The zero-order valence-electron chi connectivity index (χ0n) is 21.5. The van der Waals surface area contributed by atoms with Crippen LogP contribution in [0.25, 0.3) is 11.1 Å². The van der Waals surface area contributed by atoms with Gasteiger partial charge >= 0.3 is 17.9 Å². The number of carbonyl (C=O) groups excluding carboxylic acids is 3. The molecule has 11 heteroatoms. The van der Waals surface area contributed by atoms with Crippen molar-refractivity contribution in [1.29, 1.82) is 0 Å². The smallest absolute Gasteiger partial charge is 0.340 e. The van der Waals surface area contributed by atoms with Gasteiger partial charge in [0.1, 0.15) is 18.5 Å². The number of hydrogen-bond donors (Lipinski definition) is 0. The number of esters is 3. The third kappa shape index (κ3) is 5.71. The molecule has 2 heterocycles. The van der Waals surface area contributed by atoms with Crippen LogP contribution in [-0.2, 0) is 30.3 Å². The molecule has 0 saturated heterocycles. The summed E-state index contributed by atoms with van der Waals surface area (Å²) in [5.74, 6) is -2.17. The number of non-ortho nitro benzene ring substituents is 1. The predicted octanol–water partition coefficient (Wildman–Crippen LogP) is 4.39. The van der Waals surface area contributed by atoms with Crippen LogP contribution in [0.5, 0.6) is 0 Å². The molecule has 2 atom stereocenters. The molecule has 0 N–H and O–H groups in total. The van der Waals surface area contributed by atoms with Crippen LogP contribution in [0.3, 0.4) is 0 Å². The summed E-state index contributed by atoms with van der Waals surface area (Å²) in [6.45, 7) is 4.63. The summed E-state index contributed by atoms with van der Waals surface area (Å²) in [5.41, 5.74) is 0.286. The van der Waals surface area contributed by atoms with Crippen LogP contribution in [-0.4, -0.2) is 47.1 Å². The third-order valence-corrected chi connectivity index (χ3v) is 6.06. The highest BCUT2D eigenvalue weighted by molar-refractivity contribution is 6.07. The summed E-state index contributed by atoms with van der Waals surface area (Å²) in [4.78, 5) is 54.0. The molecule has 2 aromatic rings. The number of ether oxygens (including phenoxy) is 4. The number of fused-ring (bicyclic) bond motifs is 1. The van der Waals surface area contributed by atoms with Crippen LogP contribution in [0.2, 0.25) is 0 Å². The van der Waals surface area contributed by atoms with Crippen LogP contribution in [0, 0.1) is 23.0 Å². The average Bonchev–Trinajstić information content (AvgIpc) is 2.91. The molecule has 1 aliphatic carbocycles. The highest BCUT2D eigenvalue weighted by Crippen LogP contribution is 2.36. The van der Waals surface area contributed by atoms with E-state index in [-0.39, 0.29) is 65.1 Å². The first-order valence-corrected chi connectivity index (χ1v) is 12.3. The summed E-state index contributed by atoms with van der Waals surface area (Å²) in [5, 5.41) is 11.5. The van der Waals surface area contributed by atoms with Gasteiger partial charge in [-0.2, -0.15) is 0 Å². The lowest BCUT2D eigenvalue weighted by molar-refractivity contribution is -0.384. The fraction of sp³-hybridized carbons (Fsp3) is 0.286. The molecule has 0 saturated carbocycles. The molecule has 202 valence electrons. The highest BCUT2D eigenvalue weighted by Gasteiger charge is 2.34. The van der Waals surface area contributed by atoms with Gasteiger partial charge in [0.05, 0.1) is 52.6 Å². The summed E-state index contributed by atoms with van der Waals surface area (Å²) < 4.78 is 21.9. The molecule has 0 spiro atoms. The van der Waals surface area contributed by atoms with Gasteiger partial charge in [-0.3, -0.25) is 15.1 Å². The Balaban J connectivity index is 1.88. The second kappa shape index (κ2) is 11.7. The topological polar surface area (TPSA) is 144 Å². The van der Waals surface area contributed by atoms with Crippen molar-refractivity contribution in [3.8, 4) is 11.1 Å². The molecule has 1 aliphatic heterocycles. The van der Waals surface area contributed by atoms with Crippen LogP contribution >= 0.6 is 0 Å². The molecule has 1 aromatic heterocycles. The molecule has 0 amide bonds. The number of benzene rings is 1. The monoisotopic (exact) mass is 534 g/mol. The lowest BCUT2D eigenvalue weighted by Crippen LogP contribution is -2.31. The van der Waals surface area contributed by atoms with Gasteiger partial charge in [-0.1, -0.05) is 30.4 Å². The van der Waals surface area contributed by atoms with Gasteiger partial charge in [0, 0.05) is 17.7 Å². The summed E-state index contributed by atoms with van der Waals surface area (Å²) in [6.07, 6.45) is 7.83. The number of nitro groups is 1. The van der Waals surface area contributed by atoms with E-state index in [1.165, 1.54) is 24.3 Å². The Morgan fingerprint density at radius 2 is 1.77 bits per heavy atom. The number of nitrogens with zero attached hydrogens (tertiary/aromatic N) is 2. The van der Waals surface area contributed by atoms with Crippen molar-refractivity contribution in [2.24, 2.45) is 5.92 Å². The fourth-order valence-electron chi connectivity index (χ4n) is 4.43. The molecule has 4 rings (SSSR count). The van der Waals surface area contributed by atoms with Crippen molar-refractivity contribution in [3.05, 3.63) is 93.0 Å². The Kier molecular flexibility index (Phi) is 8.18. The normalized spacial score (nSPS) is 17.5. The minimum absolute atomic E-state index is 0.0218. The minimum Gasteiger partial charge on any atom is -0.491 e. The molecule has 1 aromatic carbocycles. The van der Waals surface area contributed by atoms with Crippen molar-refractivity contribution < 1.29 is 38.3 Å². The van der Waals surface area contributed by atoms with E-state index in [0.717, 1.165) is 0 Å². The Hall–Kier alpha value is -4.80. The van der Waals surface area contributed by atoms with Gasteiger partial charge in [-0.25, -0.2) is 14.4 Å². The highest BCUT2D eigenvalue weighted by atomic mass is 16.6. The number of hydrogen-bond acceptors (Lipinski definition) is 10. The molecule has 2 aliphatic rings. The Labute approximate surface area is 223 Å². The van der Waals surface area contributed by atoms with E-state index < -0.39 is 28.9 Å². The maximum Gasteiger partial charge on any atom is 0.340 e. The second-order valence-corrected chi connectivity index (χ2v) is 8.55. The maximum absolute atomic E-state index is 13.3. The molecule has 0 radical (unpaired) electrons. The maximum atomic E-state index is 13.3. The van der Waals surface area contributed by atoms with E-state index in [4.69, 9.17) is 18.9 Å². The molecular formula is C28H26N2O9. The summed E-state index contributed by atoms with van der Waals surface area (Å²) in [7, 11) is 0. The first kappa shape index (κ1) is 27.2. The van der Waals surface area contributed by atoms with E-state index >= 15 is 0 Å². The van der Waals surface area contributed by atoms with Crippen LogP contribution < -0.4 is 0 Å². The van der Waals surface area contributed by atoms with Crippen molar-refractivity contribution in [2.75, 3.05) is 13.2 Å². The number of pyridine rings is 1. The van der Waals surface area contributed by atoms with E-state index in [1.807, 2.05) is 6.08 Å². The lowest BCUT2D eigenvalue weighted by atomic mass is 9.91. The van der Waals surface area contributed by atoms with Gasteiger partial charge in [0.25, 0.3) is 5.69 Å². The fourth-order valence-corrected chi connectivity index (χ4v) is 4.43. The van der Waals surface area contributed by atoms with Crippen molar-refractivity contribution >= 4 is 23.6 Å². The second-order valence-electron chi connectivity index (χ2n) is 8.55. The number of nitro benzene ring substituents is 1. The quantitative estimate of drug-likeness (QED) is 0.197. The van der Waals surface area contributed by atoms with Crippen LogP contribution in [0.4, 0.5) is 5.69 Å². The molecule has 2 unspecified atom stereocenters. The van der Waals surface area contributed by atoms with E-state index in [9.17, 15) is 24.5 Å². The minimum atomic E-state index is -0.800. The SMILES string of the molecule is CCOC(=O)c1c(C)nc(COC2=CC(=O)OC3C=CC=CC23)c(C(=O)OCC)c1-c1cccc([N+](=O)[O-])c1.